The van der Waals surface area contributed by atoms with Gasteiger partial charge >= 0.3 is 6.18 Å². The van der Waals surface area contributed by atoms with Crippen LogP contribution in [0.3, 0.4) is 0 Å². The van der Waals surface area contributed by atoms with Crippen molar-refractivity contribution in [3.8, 4) is 0 Å². The van der Waals surface area contributed by atoms with Crippen molar-refractivity contribution in [2.75, 3.05) is 11.4 Å². The standard InChI is InChI=1S/C15H18F3NO/c1-10(2)12-7-6-11(9-13(12)15(16,17)18)19-8-4-3-5-14(19)20/h6-7,9-10H,3-5,8H2,1-2H3. The Morgan fingerprint density at radius 3 is 2.45 bits per heavy atom. The Morgan fingerprint density at radius 1 is 1.20 bits per heavy atom. The summed E-state index contributed by atoms with van der Waals surface area (Å²) in [6.07, 6.45) is -2.34. The van der Waals surface area contributed by atoms with Crippen molar-refractivity contribution < 1.29 is 18.0 Å². The quantitative estimate of drug-likeness (QED) is 0.791. The number of halogens is 3. The molecular formula is C15H18F3NO. The number of hydrogen-bond donors (Lipinski definition) is 0. The van der Waals surface area contributed by atoms with Crippen LogP contribution >= 0.6 is 0 Å². The lowest BCUT2D eigenvalue weighted by Crippen LogP contribution is -2.35. The van der Waals surface area contributed by atoms with Gasteiger partial charge in [-0.25, -0.2) is 0 Å². The summed E-state index contributed by atoms with van der Waals surface area (Å²) in [6.45, 7) is 3.96. The molecule has 1 aliphatic rings. The van der Waals surface area contributed by atoms with Gasteiger partial charge in [0, 0.05) is 18.7 Å². The minimum Gasteiger partial charge on any atom is -0.312 e. The fraction of sp³-hybridized carbons (Fsp3) is 0.533. The highest BCUT2D eigenvalue weighted by Gasteiger charge is 2.35. The molecule has 1 aromatic carbocycles. The molecule has 0 radical (unpaired) electrons. The first-order chi connectivity index (χ1) is 9.30. The van der Waals surface area contributed by atoms with E-state index >= 15 is 0 Å². The minimum atomic E-state index is -4.39. The van der Waals surface area contributed by atoms with E-state index < -0.39 is 11.7 Å². The third kappa shape index (κ3) is 2.97. The highest BCUT2D eigenvalue weighted by molar-refractivity contribution is 5.94. The first kappa shape index (κ1) is 14.9. The SMILES string of the molecule is CC(C)c1ccc(N2CCCCC2=O)cc1C(F)(F)F. The largest absolute Gasteiger partial charge is 0.416 e. The van der Waals surface area contributed by atoms with Gasteiger partial charge in [0.15, 0.2) is 0 Å². The maximum absolute atomic E-state index is 13.1. The van der Waals surface area contributed by atoms with Crippen molar-refractivity contribution in [1.29, 1.82) is 0 Å². The van der Waals surface area contributed by atoms with Crippen LogP contribution in [0.1, 0.15) is 50.2 Å². The molecule has 0 saturated carbocycles. The van der Waals surface area contributed by atoms with Crippen molar-refractivity contribution in [3.63, 3.8) is 0 Å². The van der Waals surface area contributed by atoms with E-state index in [4.69, 9.17) is 0 Å². The Hall–Kier alpha value is -1.52. The van der Waals surface area contributed by atoms with E-state index in [1.54, 1.807) is 19.9 Å². The van der Waals surface area contributed by atoms with Gasteiger partial charge in [0.2, 0.25) is 5.91 Å². The predicted molar refractivity (Wildman–Crippen MR) is 71.7 cm³/mol. The topological polar surface area (TPSA) is 20.3 Å². The maximum atomic E-state index is 13.1. The van der Waals surface area contributed by atoms with E-state index in [-0.39, 0.29) is 17.4 Å². The van der Waals surface area contributed by atoms with Crippen LogP contribution in [0, 0.1) is 0 Å². The van der Waals surface area contributed by atoms with Crippen molar-refractivity contribution in [3.05, 3.63) is 29.3 Å². The summed E-state index contributed by atoms with van der Waals surface area (Å²) >= 11 is 0. The van der Waals surface area contributed by atoms with Gasteiger partial charge in [-0.1, -0.05) is 19.9 Å². The normalized spacial score (nSPS) is 16.9. The lowest BCUT2D eigenvalue weighted by molar-refractivity contribution is -0.138. The molecule has 1 aliphatic heterocycles. The molecule has 5 heteroatoms. The molecule has 0 unspecified atom stereocenters. The van der Waals surface area contributed by atoms with Crippen LogP contribution in [-0.2, 0) is 11.0 Å². The van der Waals surface area contributed by atoms with Crippen LogP contribution in [0.5, 0.6) is 0 Å². The molecule has 0 N–H and O–H groups in total. The zero-order chi connectivity index (χ0) is 14.9. The molecule has 0 spiro atoms. The molecule has 2 nitrogen and oxygen atoms in total. The number of alkyl halides is 3. The number of rotatable bonds is 2. The van der Waals surface area contributed by atoms with Crippen molar-refractivity contribution in [2.24, 2.45) is 0 Å². The Morgan fingerprint density at radius 2 is 1.90 bits per heavy atom. The zero-order valence-corrected chi connectivity index (χ0v) is 11.6. The second-order valence-electron chi connectivity index (χ2n) is 5.43. The van der Waals surface area contributed by atoms with Gasteiger partial charge in [0.25, 0.3) is 0 Å². The maximum Gasteiger partial charge on any atom is 0.416 e. The second kappa shape index (κ2) is 5.46. The predicted octanol–water partition coefficient (Wildman–Crippen LogP) is 4.35. The molecule has 1 saturated heterocycles. The Balaban J connectivity index is 2.44. The van der Waals surface area contributed by atoms with E-state index in [2.05, 4.69) is 0 Å². The number of carbonyl (C=O) groups excluding carboxylic acids is 1. The number of anilines is 1. The average molecular weight is 285 g/mol. The summed E-state index contributed by atoms with van der Waals surface area (Å²) in [7, 11) is 0. The fourth-order valence-corrected chi connectivity index (χ4v) is 2.54. The third-order valence-electron chi connectivity index (χ3n) is 3.60. The van der Waals surface area contributed by atoms with Crippen molar-refractivity contribution in [1.82, 2.24) is 0 Å². The van der Waals surface area contributed by atoms with Crippen LogP contribution < -0.4 is 4.90 Å². The molecule has 110 valence electrons. The number of amides is 1. The molecule has 0 bridgehead atoms. The summed E-state index contributed by atoms with van der Waals surface area (Å²) in [4.78, 5) is 13.3. The van der Waals surface area contributed by atoms with Gasteiger partial charge < -0.3 is 4.90 Å². The number of benzene rings is 1. The number of carbonyl (C=O) groups is 1. The average Bonchev–Trinajstić information content (AvgIpc) is 2.37. The molecule has 0 aliphatic carbocycles. The molecule has 1 aromatic rings. The second-order valence-corrected chi connectivity index (χ2v) is 5.43. The fourth-order valence-electron chi connectivity index (χ4n) is 2.54. The first-order valence-electron chi connectivity index (χ1n) is 6.82. The highest BCUT2D eigenvalue weighted by Crippen LogP contribution is 2.38. The minimum absolute atomic E-state index is 0.0957. The Bertz CT molecular complexity index is 508. The summed E-state index contributed by atoms with van der Waals surface area (Å²) in [5.74, 6) is -0.306. The molecule has 1 amide bonds. The van der Waals surface area contributed by atoms with E-state index in [0.29, 0.717) is 18.7 Å². The lowest BCUT2D eigenvalue weighted by Gasteiger charge is -2.28. The monoisotopic (exact) mass is 285 g/mol. The summed E-state index contributed by atoms with van der Waals surface area (Å²) < 4.78 is 39.4. The third-order valence-corrected chi connectivity index (χ3v) is 3.60. The molecule has 0 aromatic heterocycles. The van der Waals surface area contributed by atoms with Crippen LogP contribution in [0.15, 0.2) is 18.2 Å². The van der Waals surface area contributed by atoms with Gasteiger partial charge in [-0.05, 0) is 36.5 Å². The van der Waals surface area contributed by atoms with Gasteiger partial charge in [-0.15, -0.1) is 0 Å². The van der Waals surface area contributed by atoms with Crippen LogP contribution in [0.2, 0.25) is 0 Å². The van der Waals surface area contributed by atoms with Crippen molar-refractivity contribution in [2.45, 2.75) is 45.2 Å². The van der Waals surface area contributed by atoms with Gasteiger partial charge in [-0.3, -0.25) is 4.79 Å². The van der Waals surface area contributed by atoms with E-state index in [1.807, 2.05) is 0 Å². The number of nitrogens with zero attached hydrogens (tertiary/aromatic N) is 1. The Kier molecular flexibility index (Phi) is 4.06. The lowest BCUT2D eigenvalue weighted by atomic mass is 9.95. The number of hydrogen-bond acceptors (Lipinski definition) is 1. The summed E-state index contributed by atoms with van der Waals surface area (Å²) in [5, 5.41) is 0. The zero-order valence-electron chi connectivity index (χ0n) is 11.6. The molecule has 20 heavy (non-hydrogen) atoms. The van der Waals surface area contributed by atoms with Crippen LogP contribution in [-0.4, -0.2) is 12.5 Å². The summed E-state index contributed by atoms with van der Waals surface area (Å²) in [6, 6.07) is 4.22. The number of piperidine rings is 1. The van der Waals surface area contributed by atoms with E-state index in [9.17, 15) is 18.0 Å². The smallest absolute Gasteiger partial charge is 0.312 e. The molecule has 2 rings (SSSR count). The van der Waals surface area contributed by atoms with Crippen LogP contribution in [0.25, 0.3) is 0 Å². The first-order valence-corrected chi connectivity index (χ1v) is 6.82. The van der Waals surface area contributed by atoms with Gasteiger partial charge in [0.05, 0.1) is 5.56 Å². The van der Waals surface area contributed by atoms with Gasteiger partial charge in [-0.2, -0.15) is 13.2 Å². The van der Waals surface area contributed by atoms with Gasteiger partial charge in [0.1, 0.15) is 0 Å². The highest BCUT2D eigenvalue weighted by atomic mass is 19.4. The van der Waals surface area contributed by atoms with E-state index in [0.717, 1.165) is 18.9 Å². The molecule has 0 atom stereocenters. The van der Waals surface area contributed by atoms with Crippen molar-refractivity contribution >= 4 is 11.6 Å². The summed E-state index contributed by atoms with van der Waals surface area (Å²) in [5.41, 5.74) is -0.0134. The van der Waals surface area contributed by atoms with E-state index in [1.165, 1.54) is 11.0 Å². The molecule has 1 fully saturated rings. The van der Waals surface area contributed by atoms with Crippen LogP contribution in [0.4, 0.5) is 18.9 Å². The molecule has 1 heterocycles. The molecular weight excluding hydrogens is 267 g/mol. The Labute approximate surface area is 116 Å².